The van der Waals surface area contributed by atoms with Gasteiger partial charge < -0.3 is 5.32 Å². The summed E-state index contributed by atoms with van der Waals surface area (Å²) in [6.07, 6.45) is 3.45. The second kappa shape index (κ2) is 5.96. The van der Waals surface area contributed by atoms with Crippen molar-refractivity contribution in [3.8, 4) is 0 Å². The molecule has 0 aromatic carbocycles. The smallest absolute Gasteiger partial charge is 0.205 e. The number of rotatable bonds is 6. The summed E-state index contributed by atoms with van der Waals surface area (Å²) in [6, 6.07) is 2.12. The highest BCUT2D eigenvalue weighted by Gasteiger charge is 2.03. The van der Waals surface area contributed by atoms with Crippen LogP contribution in [0.5, 0.6) is 0 Å². The van der Waals surface area contributed by atoms with Crippen LogP contribution in [0.3, 0.4) is 0 Å². The molecule has 2 rings (SSSR count). The molecule has 0 spiro atoms. The molecule has 0 saturated heterocycles. The van der Waals surface area contributed by atoms with Crippen LogP contribution in [-0.2, 0) is 13.0 Å². The number of aryl methyl sites for hydroxylation is 1. The van der Waals surface area contributed by atoms with Gasteiger partial charge in [-0.15, -0.1) is 10.2 Å². The zero-order valence-electron chi connectivity index (χ0n) is 9.27. The van der Waals surface area contributed by atoms with Gasteiger partial charge in [0, 0.05) is 13.0 Å². The van der Waals surface area contributed by atoms with Gasteiger partial charge in [0.15, 0.2) is 0 Å². The molecule has 1 N–H and O–H groups in total. The first kappa shape index (κ1) is 11.5. The Balaban J connectivity index is 1.83. The summed E-state index contributed by atoms with van der Waals surface area (Å²) in [5.74, 6) is 0. The molecule has 0 amide bonds. The van der Waals surface area contributed by atoms with Crippen molar-refractivity contribution in [1.29, 1.82) is 0 Å². The lowest BCUT2D eigenvalue weighted by Gasteiger charge is -1.97. The van der Waals surface area contributed by atoms with Gasteiger partial charge in [-0.2, -0.15) is 11.3 Å². The molecule has 2 aromatic rings. The Bertz CT molecular complexity index is 409. The first-order valence-electron chi connectivity index (χ1n) is 5.46. The molecule has 5 heteroatoms. The van der Waals surface area contributed by atoms with Gasteiger partial charge in [0.05, 0.1) is 0 Å². The molecular formula is C11H15N3S2. The second-order valence-electron chi connectivity index (χ2n) is 3.59. The number of aromatic nitrogens is 2. The predicted octanol–water partition coefficient (Wildman–Crippen LogP) is 3.55. The van der Waals surface area contributed by atoms with Crippen LogP contribution >= 0.6 is 22.7 Å². The number of thiophene rings is 1. The zero-order valence-corrected chi connectivity index (χ0v) is 10.9. The van der Waals surface area contributed by atoms with E-state index in [1.165, 1.54) is 18.4 Å². The van der Waals surface area contributed by atoms with Gasteiger partial charge in [-0.3, -0.25) is 0 Å². The highest BCUT2D eigenvalue weighted by molar-refractivity contribution is 7.15. The molecule has 2 aromatic heterocycles. The van der Waals surface area contributed by atoms with Gasteiger partial charge in [-0.05, 0) is 28.8 Å². The third-order valence-corrected chi connectivity index (χ3v) is 3.91. The van der Waals surface area contributed by atoms with E-state index in [1.54, 1.807) is 22.7 Å². The Kier molecular flexibility index (Phi) is 4.30. The van der Waals surface area contributed by atoms with Crippen molar-refractivity contribution in [3.63, 3.8) is 0 Å². The van der Waals surface area contributed by atoms with E-state index in [0.29, 0.717) is 0 Å². The van der Waals surface area contributed by atoms with E-state index < -0.39 is 0 Å². The van der Waals surface area contributed by atoms with E-state index in [1.807, 2.05) is 0 Å². The molecule has 3 nitrogen and oxygen atoms in total. The molecule has 0 aliphatic heterocycles. The van der Waals surface area contributed by atoms with Crippen LogP contribution in [-0.4, -0.2) is 10.2 Å². The van der Waals surface area contributed by atoms with E-state index in [9.17, 15) is 0 Å². The lowest BCUT2D eigenvalue weighted by atomic mass is 10.3. The topological polar surface area (TPSA) is 37.8 Å². The van der Waals surface area contributed by atoms with Crippen LogP contribution in [0.15, 0.2) is 16.8 Å². The third-order valence-electron chi connectivity index (χ3n) is 2.23. The van der Waals surface area contributed by atoms with Crippen molar-refractivity contribution in [3.05, 3.63) is 27.4 Å². The number of nitrogens with one attached hydrogen (secondary N) is 1. The average molecular weight is 253 g/mol. The lowest BCUT2D eigenvalue weighted by molar-refractivity contribution is 0.779. The zero-order chi connectivity index (χ0) is 11.2. The Morgan fingerprint density at radius 3 is 3.06 bits per heavy atom. The third kappa shape index (κ3) is 3.28. The van der Waals surface area contributed by atoms with Crippen LogP contribution in [0, 0.1) is 0 Å². The predicted molar refractivity (Wildman–Crippen MR) is 70.2 cm³/mol. The van der Waals surface area contributed by atoms with Gasteiger partial charge in [0.25, 0.3) is 0 Å². The van der Waals surface area contributed by atoms with Gasteiger partial charge in [-0.1, -0.05) is 24.7 Å². The maximum atomic E-state index is 4.16. The summed E-state index contributed by atoms with van der Waals surface area (Å²) in [5.41, 5.74) is 1.30. The molecule has 86 valence electrons. The summed E-state index contributed by atoms with van der Waals surface area (Å²) < 4.78 is 0. The summed E-state index contributed by atoms with van der Waals surface area (Å²) in [6.45, 7) is 3.03. The largest absolute Gasteiger partial charge is 0.356 e. The monoisotopic (exact) mass is 253 g/mol. The lowest BCUT2D eigenvalue weighted by Crippen LogP contribution is -1.96. The van der Waals surface area contributed by atoms with Crippen LogP contribution in [0.4, 0.5) is 5.13 Å². The van der Waals surface area contributed by atoms with Crippen molar-refractivity contribution in [2.45, 2.75) is 32.7 Å². The van der Waals surface area contributed by atoms with E-state index in [-0.39, 0.29) is 0 Å². The molecule has 0 aliphatic rings. The fraction of sp³-hybridized carbons (Fsp3) is 0.455. The fourth-order valence-electron chi connectivity index (χ4n) is 1.32. The quantitative estimate of drug-likeness (QED) is 0.855. The van der Waals surface area contributed by atoms with E-state index in [0.717, 1.165) is 23.1 Å². The fourth-order valence-corrected chi connectivity index (χ4v) is 2.77. The molecule has 16 heavy (non-hydrogen) atoms. The van der Waals surface area contributed by atoms with Crippen molar-refractivity contribution in [1.82, 2.24) is 10.2 Å². The maximum absolute atomic E-state index is 4.16. The Morgan fingerprint density at radius 1 is 1.38 bits per heavy atom. The number of hydrogen-bond donors (Lipinski definition) is 1. The van der Waals surface area contributed by atoms with E-state index in [4.69, 9.17) is 0 Å². The maximum Gasteiger partial charge on any atom is 0.205 e. The molecule has 2 heterocycles. The SMILES string of the molecule is CCCCc1nnc(NCc2ccsc2)s1. The summed E-state index contributed by atoms with van der Waals surface area (Å²) in [5, 5.41) is 17.9. The van der Waals surface area contributed by atoms with E-state index >= 15 is 0 Å². The van der Waals surface area contributed by atoms with Gasteiger partial charge in [0.1, 0.15) is 5.01 Å². The Morgan fingerprint density at radius 2 is 2.31 bits per heavy atom. The van der Waals surface area contributed by atoms with Crippen molar-refractivity contribution < 1.29 is 0 Å². The standard InChI is InChI=1S/C11H15N3S2/c1-2-3-4-10-13-14-11(16-10)12-7-9-5-6-15-8-9/h5-6,8H,2-4,7H2,1H3,(H,12,14). The Hall–Kier alpha value is -0.940. The molecular weight excluding hydrogens is 238 g/mol. The van der Waals surface area contributed by atoms with E-state index in [2.05, 4.69) is 39.3 Å². The molecule has 0 bridgehead atoms. The molecule has 0 fully saturated rings. The highest BCUT2D eigenvalue weighted by atomic mass is 32.1. The van der Waals surface area contributed by atoms with Crippen LogP contribution in [0.2, 0.25) is 0 Å². The number of anilines is 1. The molecule has 0 saturated carbocycles. The van der Waals surface area contributed by atoms with Crippen molar-refractivity contribution in [2.24, 2.45) is 0 Å². The van der Waals surface area contributed by atoms with Crippen molar-refractivity contribution in [2.75, 3.05) is 5.32 Å². The minimum atomic E-state index is 0.839. The molecule has 0 atom stereocenters. The average Bonchev–Trinajstić information content (AvgIpc) is 2.95. The number of nitrogens with zero attached hydrogens (tertiary/aromatic N) is 2. The first-order valence-corrected chi connectivity index (χ1v) is 7.21. The first-order chi connectivity index (χ1) is 7.88. The van der Waals surface area contributed by atoms with Gasteiger partial charge in [-0.25, -0.2) is 0 Å². The summed E-state index contributed by atoms with van der Waals surface area (Å²) >= 11 is 3.38. The Labute approximate surface area is 104 Å². The number of unbranched alkanes of at least 4 members (excludes halogenated alkanes) is 1. The van der Waals surface area contributed by atoms with Crippen molar-refractivity contribution >= 4 is 27.8 Å². The minimum Gasteiger partial charge on any atom is -0.356 e. The molecule has 0 unspecified atom stereocenters. The van der Waals surface area contributed by atoms with Crippen LogP contribution in [0.1, 0.15) is 30.3 Å². The van der Waals surface area contributed by atoms with Crippen LogP contribution in [0.25, 0.3) is 0 Å². The highest BCUT2D eigenvalue weighted by Crippen LogP contribution is 2.18. The van der Waals surface area contributed by atoms with Gasteiger partial charge in [0.2, 0.25) is 5.13 Å². The summed E-state index contributed by atoms with van der Waals surface area (Å²) in [4.78, 5) is 0. The van der Waals surface area contributed by atoms with Crippen LogP contribution < -0.4 is 5.32 Å². The molecule has 0 radical (unpaired) electrons. The minimum absolute atomic E-state index is 0.839. The number of hydrogen-bond acceptors (Lipinski definition) is 5. The normalized spacial score (nSPS) is 10.6. The summed E-state index contributed by atoms with van der Waals surface area (Å²) in [7, 11) is 0. The molecule has 0 aliphatic carbocycles. The van der Waals surface area contributed by atoms with Gasteiger partial charge >= 0.3 is 0 Å². The second-order valence-corrected chi connectivity index (χ2v) is 5.43.